The van der Waals surface area contributed by atoms with E-state index in [0.29, 0.717) is 41.8 Å². The van der Waals surface area contributed by atoms with E-state index in [2.05, 4.69) is 17.2 Å². The molecule has 1 aromatic heterocycles. The van der Waals surface area contributed by atoms with Gasteiger partial charge in [0.1, 0.15) is 58.9 Å². The van der Waals surface area contributed by atoms with Gasteiger partial charge in [-0.2, -0.15) is 5.10 Å². The number of hydrogen-bond donors (Lipinski definition) is 11. The lowest BCUT2D eigenvalue weighted by atomic mass is 9.72. The second kappa shape index (κ2) is 33.5. The molecule has 4 fully saturated rings. The maximum atomic E-state index is 14.0. The van der Waals surface area contributed by atoms with Crippen LogP contribution >= 0.6 is 0 Å². The largest absolute Gasteiger partial charge is 0.507 e. The third kappa shape index (κ3) is 15.4. The number of ketones is 6. The number of ether oxygens (including phenoxy) is 8. The van der Waals surface area contributed by atoms with Crippen LogP contribution in [0.2, 0.25) is 0 Å². The van der Waals surface area contributed by atoms with Gasteiger partial charge in [0.15, 0.2) is 35.7 Å². The van der Waals surface area contributed by atoms with Crippen molar-refractivity contribution in [3.63, 3.8) is 0 Å². The van der Waals surface area contributed by atoms with E-state index in [1.807, 2.05) is 23.0 Å². The number of nitrogens with one attached hydrogen (secondary N) is 1. The molecule has 2 saturated heterocycles. The predicted octanol–water partition coefficient (Wildman–Crippen LogP) is 6.51. The molecule has 626 valence electrons. The standard InChI is InChI=1S/C48H51N3O14.C39H42O13.CH4/c1-22-42(55)25(15-36(54)63-21-31-27-12-9-24-19-51(50-32(24)14-13-28(27)31)26-10-7-23(8-11-26)47(60)49-2)16-37(64-22)65-34-18-48(61,35(53)20-52)17-30-39(34)46(59)41-40(44(30)57)43(56)29-5-4-6-33(62-3)38(29)45(41)58;1-18-34(43)19(12-28(42)50-17-24-20-8-5-3-4-6-9-21(20)24)13-29(51-18)52-26-15-39(48,27(41)16-40)14-23-31(26)38(47)33-32(36(23)45)35(44)22-10-7-11-25(49-2)30(22)37(33)46;/h4-8,10-11,19,22,25,27-28,31,34,37,42,52,55,57,59,61H,9,12-18,20-21H2,1-3H3,(H,49,60);7,10-11,18-21,24,26,29,34,40,43,45,47-48H,5-6,8-9,12-17H2,1-2H3;1H4/t22-,25-,27?,28?,31?,34-,37-,42-,48-;18-,19-,20?,21?,24?,26-,29-,34-,39-;/m00./s1. The minimum Gasteiger partial charge on any atom is -0.507 e. The highest BCUT2D eigenvalue weighted by Crippen LogP contribution is 2.58. The lowest BCUT2D eigenvalue weighted by Gasteiger charge is -2.42. The molecule has 2 saturated carbocycles. The maximum Gasteiger partial charge on any atom is 0.306 e. The lowest BCUT2D eigenvalue weighted by Crippen LogP contribution is -2.49. The summed E-state index contributed by atoms with van der Waals surface area (Å²) in [7, 11) is 4.23. The number of Topliss-reactive ketones (excluding diaryl/α,β-unsaturated/α-hetero) is 2. The Morgan fingerprint density at radius 3 is 1.42 bits per heavy atom. The van der Waals surface area contributed by atoms with Crippen LogP contribution in [0.15, 0.2) is 66.9 Å². The molecule has 8 aliphatic carbocycles. The van der Waals surface area contributed by atoms with E-state index in [9.17, 15) is 94.2 Å². The molecule has 11 N–H and O–H groups in total. The zero-order chi connectivity index (χ0) is 83.1. The minimum atomic E-state index is -2.33. The summed E-state index contributed by atoms with van der Waals surface area (Å²) in [6.07, 6.45) is -2.63. The van der Waals surface area contributed by atoms with Crippen molar-refractivity contribution in [2.75, 3.05) is 47.7 Å². The highest BCUT2D eigenvalue weighted by atomic mass is 16.7. The van der Waals surface area contributed by atoms with Crippen LogP contribution in [0.3, 0.4) is 0 Å². The molecule has 6 aromatic rings. The molecule has 10 aliphatic rings. The third-order valence-electron chi connectivity index (χ3n) is 25.8. The Morgan fingerprint density at radius 2 is 1.00 bits per heavy atom. The van der Waals surface area contributed by atoms with Gasteiger partial charge in [0.05, 0.1) is 122 Å². The van der Waals surface area contributed by atoms with Crippen LogP contribution in [0.5, 0.6) is 34.5 Å². The topological polar surface area (TPSA) is 460 Å². The first-order valence-electron chi connectivity index (χ1n) is 39.7. The number of nitrogens with zero attached hydrogens (tertiary/aromatic N) is 2. The second-order valence-corrected chi connectivity index (χ2v) is 32.4. The average Bonchev–Trinajstić information content (AvgIpc) is 0.993. The van der Waals surface area contributed by atoms with Crippen LogP contribution in [0, 0.1) is 59.2 Å². The van der Waals surface area contributed by atoms with Gasteiger partial charge in [-0.05, 0) is 130 Å². The summed E-state index contributed by atoms with van der Waals surface area (Å²) in [6.45, 7) is 1.59. The summed E-state index contributed by atoms with van der Waals surface area (Å²) in [5.74, 6) is -1.86. The number of methoxy groups -OCH3 is 2. The van der Waals surface area contributed by atoms with Gasteiger partial charge < -0.3 is 94.3 Å². The smallest absolute Gasteiger partial charge is 0.306 e. The average molecular weight is 1630 g/mol. The summed E-state index contributed by atoms with van der Waals surface area (Å²) >= 11 is 0. The number of phenolic OH excluding ortho intramolecular Hbond substituents is 4. The Kier molecular flexibility index (Phi) is 23.9. The van der Waals surface area contributed by atoms with Crippen LogP contribution in [0.1, 0.15) is 218 Å². The molecule has 118 heavy (non-hydrogen) atoms. The van der Waals surface area contributed by atoms with Crippen molar-refractivity contribution < 1.29 is 132 Å². The van der Waals surface area contributed by atoms with Crippen LogP contribution in [0.25, 0.3) is 5.69 Å². The second-order valence-electron chi connectivity index (χ2n) is 32.4. The number of hydrogen-bond acceptors (Lipinski definition) is 28. The van der Waals surface area contributed by atoms with E-state index in [-0.39, 0.29) is 108 Å². The fraction of sp³-hybridized carbons (Fsp3) is 0.500. The molecule has 16 rings (SSSR count). The number of amides is 1. The Labute approximate surface area is 678 Å². The Morgan fingerprint density at radius 1 is 0.576 bits per heavy atom. The van der Waals surface area contributed by atoms with Gasteiger partial charge in [-0.3, -0.25) is 43.2 Å². The summed E-state index contributed by atoms with van der Waals surface area (Å²) in [5, 5.41) is 119. The number of aliphatic hydroxyl groups is 6. The normalized spacial score (nSPS) is 29.2. The van der Waals surface area contributed by atoms with E-state index in [0.717, 1.165) is 62.7 Å². The number of esters is 2. The van der Waals surface area contributed by atoms with Crippen molar-refractivity contribution in [3.05, 3.63) is 150 Å². The molecule has 30 nitrogen and oxygen atoms in total. The van der Waals surface area contributed by atoms with Crippen molar-refractivity contribution >= 4 is 52.5 Å². The molecule has 0 spiro atoms. The number of aromatic hydroxyl groups is 4. The summed E-state index contributed by atoms with van der Waals surface area (Å²) in [6, 6.07) is 16.0. The summed E-state index contributed by atoms with van der Waals surface area (Å²) in [5.41, 5.74) is -4.15. The van der Waals surface area contributed by atoms with Gasteiger partial charge >= 0.3 is 11.9 Å². The van der Waals surface area contributed by atoms with E-state index in [1.165, 1.54) is 56.2 Å². The third-order valence-corrected chi connectivity index (χ3v) is 25.8. The van der Waals surface area contributed by atoms with Crippen LogP contribution in [-0.2, 0) is 73.3 Å². The number of benzene rings is 5. The summed E-state index contributed by atoms with van der Waals surface area (Å²) < 4.78 is 48.6. The SMILES string of the molecule is C.CNC(=O)c1ccc(-n2cc3c(n2)CCC2C(CC3)C2COC(=O)C[C@H]2C[C@H](O[C@H]3C[C@](O)(C(=O)CO)Cc4c(O)c5c(c(O)c43)C(=O)c3c(OC)cccc3C5=O)O[C@@H](C)[C@@H]2O)cc1.COc1cccc2c1C(=O)c1c(O)c3c(c(O)c1C2=O)C[C@@](O)(C(=O)CO)C[C@@H]3O[C@H]1C[C@H](CC(=O)OCC2C3CCC#CCCC32)[C@@H](O)[C@H](C)O1. The highest BCUT2D eigenvalue weighted by molar-refractivity contribution is 6.32. The molecular weight excluding hydrogens is 1530 g/mol. The van der Waals surface area contributed by atoms with Gasteiger partial charge in [0, 0.05) is 115 Å². The van der Waals surface area contributed by atoms with Gasteiger partial charge in [-0.25, -0.2) is 4.68 Å². The van der Waals surface area contributed by atoms with Crippen molar-refractivity contribution in [1.29, 1.82) is 0 Å². The summed E-state index contributed by atoms with van der Waals surface area (Å²) in [4.78, 5) is 120. The lowest BCUT2D eigenvalue weighted by molar-refractivity contribution is -0.258. The quantitative estimate of drug-likeness (QED) is 0.0220. The van der Waals surface area contributed by atoms with Crippen molar-refractivity contribution in [2.45, 2.75) is 184 Å². The molecule has 17 atom stereocenters. The van der Waals surface area contributed by atoms with Crippen LogP contribution in [0.4, 0.5) is 0 Å². The van der Waals surface area contributed by atoms with Gasteiger partial charge in [0.2, 0.25) is 11.6 Å². The number of aromatic nitrogens is 2. The van der Waals surface area contributed by atoms with E-state index >= 15 is 0 Å². The predicted molar refractivity (Wildman–Crippen MR) is 413 cm³/mol. The van der Waals surface area contributed by atoms with Gasteiger partial charge in [-0.15, -0.1) is 11.8 Å². The Bertz CT molecular complexity index is 5070. The van der Waals surface area contributed by atoms with Crippen molar-refractivity contribution in [3.8, 4) is 52.0 Å². The number of fused-ring (bicyclic) bond motifs is 9. The highest BCUT2D eigenvalue weighted by Gasteiger charge is 2.56. The first-order chi connectivity index (χ1) is 56.0. The fourth-order valence-corrected chi connectivity index (χ4v) is 19.4. The van der Waals surface area contributed by atoms with Crippen LogP contribution < -0.4 is 14.8 Å². The molecule has 2 aliphatic heterocycles. The Hall–Kier alpha value is -10.3. The number of rotatable bonds is 20. The van der Waals surface area contributed by atoms with E-state index < -0.39 is 203 Å². The number of carbonyl (C=O) groups excluding carboxylic acids is 9. The molecule has 5 unspecified atom stereocenters. The molecule has 3 heterocycles. The first-order valence-corrected chi connectivity index (χ1v) is 39.7. The molecule has 1 amide bonds. The zero-order valence-electron chi connectivity index (χ0n) is 65.0. The van der Waals surface area contributed by atoms with Gasteiger partial charge in [0.25, 0.3) is 5.91 Å². The van der Waals surface area contributed by atoms with Crippen molar-refractivity contribution in [2.24, 2.45) is 47.3 Å². The van der Waals surface area contributed by atoms with Gasteiger partial charge in [-0.1, -0.05) is 31.7 Å². The number of aryl methyl sites for hydroxylation is 2. The molecular formula is C88H97N3O27. The number of aliphatic hydroxyl groups excluding tert-OH is 4. The molecule has 30 heteroatoms. The molecule has 5 aromatic carbocycles. The van der Waals surface area contributed by atoms with E-state index in [4.69, 9.17) is 43.0 Å². The fourth-order valence-electron chi connectivity index (χ4n) is 19.4. The molecule has 0 radical (unpaired) electrons. The number of carbonyl (C=O) groups is 9. The number of phenols is 4. The van der Waals surface area contributed by atoms with Crippen LogP contribution in [-0.4, -0.2) is 209 Å². The zero-order valence-corrected chi connectivity index (χ0v) is 65.0. The molecule has 0 bridgehead atoms. The maximum absolute atomic E-state index is 14.0. The first kappa shape index (κ1) is 84.2. The Balaban J connectivity index is 0.000000197. The van der Waals surface area contributed by atoms with E-state index in [1.54, 1.807) is 33.0 Å². The monoisotopic (exact) mass is 1630 g/mol. The van der Waals surface area contributed by atoms with Crippen molar-refractivity contribution in [1.82, 2.24) is 15.1 Å². The minimum absolute atomic E-state index is 0.